The first kappa shape index (κ1) is 20.2. The van der Waals surface area contributed by atoms with Crippen molar-refractivity contribution in [2.45, 2.75) is 13.3 Å². The molecule has 2 aromatic rings. The highest BCUT2D eigenvalue weighted by Gasteiger charge is 2.37. The van der Waals surface area contributed by atoms with Gasteiger partial charge in [0.1, 0.15) is 12.4 Å². The van der Waals surface area contributed by atoms with Gasteiger partial charge in [0.15, 0.2) is 0 Å². The molecule has 0 fully saturated rings. The maximum absolute atomic E-state index is 12.3. The Morgan fingerprint density at radius 2 is 1.93 bits per heavy atom. The van der Waals surface area contributed by atoms with Crippen molar-refractivity contribution in [2.75, 3.05) is 24.6 Å². The third-order valence-electron chi connectivity index (χ3n) is 4.30. The smallest absolute Gasteiger partial charge is 0.299 e. The number of nitrogens with one attached hydrogen (secondary N) is 1. The highest BCUT2D eigenvalue weighted by atomic mass is 35.5. The molecule has 8 heteroatoms. The van der Waals surface area contributed by atoms with Gasteiger partial charge < -0.3 is 15.0 Å². The molecule has 2 aromatic carbocycles. The standard InChI is InChI=1S/C20H18Cl2N2O4/c1-12(25)23-7-6-13-4-2-3-5-17(13)28-9-8-24-16-11-14(21)10-15(22)18(16)19(26)20(24)27/h2-5,10-11H,6-9H2,1H3,(H,23,25). The van der Waals surface area contributed by atoms with Gasteiger partial charge >= 0.3 is 0 Å². The van der Waals surface area contributed by atoms with Crippen LogP contribution in [0.25, 0.3) is 0 Å². The van der Waals surface area contributed by atoms with Crippen molar-refractivity contribution in [3.05, 3.63) is 57.6 Å². The van der Waals surface area contributed by atoms with Crippen LogP contribution in [0.1, 0.15) is 22.8 Å². The Hall–Kier alpha value is -2.57. The number of Topliss-reactive ketones (excluding diaryl/α,β-unsaturated/α-hetero) is 1. The summed E-state index contributed by atoms with van der Waals surface area (Å²) in [6.07, 6.45) is 0.616. The van der Waals surface area contributed by atoms with Crippen molar-refractivity contribution >= 4 is 46.5 Å². The van der Waals surface area contributed by atoms with E-state index in [2.05, 4.69) is 5.32 Å². The number of anilines is 1. The van der Waals surface area contributed by atoms with Gasteiger partial charge in [-0.15, -0.1) is 0 Å². The summed E-state index contributed by atoms with van der Waals surface area (Å²) in [6, 6.07) is 10.5. The predicted octanol–water partition coefficient (Wildman–Crippen LogP) is 3.28. The summed E-state index contributed by atoms with van der Waals surface area (Å²) < 4.78 is 5.83. The fraction of sp³-hybridized carbons (Fsp3) is 0.250. The van der Waals surface area contributed by atoms with E-state index in [0.29, 0.717) is 29.4 Å². The second kappa shape index (κ2) is 8.63. The molecule has 0 spiro atoms. The number of rotatable bonds is 7. The number of ketones is 1. The number of carbonyl (C=O) groups is 3. The molecule has 2 amide bonds. The van der Waals surface area contributed by atoms with Crippen LogP contribution in [0.4, 0.5) is 5.69 Å². The Bertz CT molecular complexity index is 946. The lowest BCUT2D eigenvalue weighted by atomic mass is 10.1. The first-order valence-corrected chi connectivity index (χ1v) is 9.44. The molecule has 0 radical (unpaired) electrons. The number of carbonyl (C=O) groups excluding carboxylic acids is 3. The lowest BCUT2D eigenvalue weighted by molar-refractivity contribution is -0.119. The van der Waals surface area contributed by atoms with E-state index in [4.69, 9.17) is 27.9 Å². The van der Waals surface area contributed by atoms with Crippen LogP contribution >= 0.6 is 23.2 Å². The molecular formula is C20H18Cl2N2O4. The molecule has 1 N–H and O–H groups in total. The number of halogens is 2. The van der Waals surface area contributed by atoms with E-state index in [9.17, 15) is 14.4 Å². The maximum Gasteiger partial charge on any atom is 0.299 e. The number of nitrogens with zero attached hydrogens (tertiary/aromatic N) is 1. The molecule has 0 unspecified atom stereocenters. The zero-order valence-electron chi connectivity index (χ0n) is 15.1. The summed E-state index contributed by atoms with van der Waals surface area (Å²) in [4.78, 5) is 36.9. The molecule has 6 nitrogen and oxygen atoms in total. The molecule has 1 aliphatic rings. The van der Waals surface area contributed by atoms with Crippen LogP contribution in [-0.4, -0.2) is 37.3 Å². The highest BCUT2D eigenvalue weighted by molar-refractivity contribution is 6.55. The van der Waals surface area contributed by atoms with Crippen molar-refractivity contribution in [3.63, 3.8) is 0 Å². The van der Waals surface area contributed by atoms with E-state index >= 15 is 0 Å². The van der Waals surface area contributed by atoms with Gasteiger partial charge in [0.25, 0.3) is 11.7 Å². The summed E-state index contributed by atoms with van der Waals surface area (Å²) >= 11 is 12.1. The molecule has 146 valence electrons. The van der Waals surface area contributed by atoms with E-state index in [-0.39, 0.29) is 29.6 Å². The number of amides is 2. The maximum atomic E-state index is 12.3. The minimum absolute atomic E-state index is 0.0911. The summed E-state index contributed by atoms with van der Waals surface area (Å²) in [5, 5.41) is 3.25. The number of benzene rings is 2. The Labute approximate surface area is 172 Å². The Morgan fingerprint density at radius 3 is 2.68 bits per heavy atom. The van der Waals surface area contributed by atoms with Gasteiger partial charge in [-0.3, -0.25) is 14.4 Å². The summed E-state index contributed by atoms with van der Waals surface area (Å²) in [5.74, 6) is -0.726. The Morgan fingerprint density at radius 1 is 1.18 bits per heavy atom. The predicted molar refractivity (Wildman–Crippen MR) is 107 cm³/mol. The third kappa shape index (κ3) is 4.29. The van der Waals surface area contributed by atoms with Crippen LogP contribution in [0.3, 0.4) is 0 Å². The molecule has 0 bridgehead atoms. The van der Waals surface area contributed by atoms with Crippen LogP contribution in [0.5, 0.6) is 5.75 Å². The second-order valence-corrected chi connectivity index (χ2v) is 7.10. The molecule has 0 aliphatic carbocycles. The van der Waals surface area contributed by atoms with Crippen LogP contribution in [0.2, 0.25) is 10.0 Å². The normalized spacial score (nSPS) is 12.9. The average molecular weight is 421 g/mol. The SMILES string of the molecule is CC(=O)NCCc1ccccc1OCCN1C(=O)C(=O)c2c(Cl)cc(Cl)cc21. The largest absolute Gasteiger partial charge is 0.491 e. The summed E-state index contributed by atoms with van der Waals surface area (Å²) in [7, 11) is 0. The summed E-state index contributed by atoms with van der Waals surface area (Å²) in [5.41, 5.74) is 1.51. The van der Waals surface area contributed by atoms with Crippen molar-refractivity contribution in [3.8, 4) is 5.75 Å². The summed E-state index contributed by atoms with van der Waals surface area (Å²) in [6.45, 7) is 2.32. The Kier molecular flexibility index (Phi) is 6.21. The Balaban J connectivity index is 1.67. The quantitative estimate of drug-likeness (QED) is 0.697. The first-order valence-electron chi connectivity index (χ1n) is 8.69. The van der Waals surface area contributed by atoms with Gasteiger partial charge in [0.05, 0.1) is 22.8 Å². The molecule has 0 saturated heterocycles. The molecule has 3 rings (SSSR count). The van der Waals surface area contributed by atoms with Crippen LogP contribution < -0.4 is 15.0 Å². The van der Waals surface area contributed by atoms with Gasteiger partial charge in [0, 0.05) is 18.5 Å². The van der Waals surface area contributed by atoms with E-state index in [0.717, 1.165) is 5.56 Å². The van der Waals surface area contributed by atoms with Crippen molar-refractivity contribution in [2.24, 2.45) is 0 Å². The number of para-hydroxylation sites is 1. The van der Waals surface area contributed by atoms with E-state index < -0.39 is 11.7 Å². The number of fused-ring (bicyclic) bond motifs is 1. The third-order valence-corrected chi connectivity index (χ3v) is 4.82. The minimum Gasteiger partial charge on any atom is -0.491 e. The molecule has 0 aromatic heterocycles. The molecule has 0 atom stereocenters. The molecule has 1 heterocycles. The number of ether oxygens (including phenoxy) is 1. The number of hydrogen-bond acceptors (Lipinski definition) is 4. The van der Waals surface area contributed by atoms with Crippen LogP contribution in [-0.2, 0) is 16.0 Å². The second-order valence-electron chi connectivity index (χ2n) is 6.26. The molecule has 28 heavy (non-hydrogen) atoms. The molecule has 1 aliphatic heterocycles. The van der Waals surface area contributed by atoms with Crippen molar-refractivity contribution < 1.29 is 19.1 Å². The van der Waals surface area contributed by atoms with Gasteiger partial charge in [-0.2, -0.15) is 0 Å². The monoisotopic (exact) mass is 420 g/mol. The topological polar surface area (TPSA) is 75.7 Å². The highest BCUT2D eigenvalue weighted by Crippen LogP contribution is 2.37. The van der Waals surface area contributed by atoms with E-state index in [1.807, 2.05) is 24.3 Å². The molecule has 0 saturated carbocycles. The zero-order valence-corrected chi connectivity index (χ0v) is 16.6. The van der Waals surface area contributed by atoms with E-state index in [1.54, 1.807) is 6.07 Å². The van der Waals surface area contributed by atoms with Gasteiger partial charge in [0.2, 0.25) is 5.91 Å². The van der Waals surface area contributed by atoms with E-state index in [1.165, 1.54) is 17.9 Å². The zero-order chi connectivity index (χ0) is 20.3. The van der Waals surface area contributed by atoms with Crippen LogP contribution in [0, 0.1) is 0 Å². The lowest BCUT2D eigenvalue weighted by Crippen LogP contribution is -2.33. The van der Waals surface area contributed by atoms with Gasteiger partial charge in [-0.05, 0) is 30.2 Å². The fourth-order valence-electron chi connectivity index (χ4n) is 3.03. The van der Waals surface area contributed by atoms with Crippen molar-refractivity contribution in [1.82, 2.24) is 5.32 Å². The lowest BCUT2D eigenvalue weighted by Gasteiger charge is -2.18. The first-order chi connectivity index (χ1) is 13.4. The number of hydrogen-bond donors (Lipinski definition) is 1. The van der Waals surface area contributed by atoms with Gasteiger partial charge in [-0.25, -0.2) is 0 Å². The fourth-order valence-corrected chi connectivity index (χ4v) is 3.60. The minimum atomic E-state index is -0.651. The van der Waals surface area contributed by atoms with Crippen LogP contribution in [0.15, 0.2) is 36.4 Å². The average Bonchev–Trinajstić information content (AvgIpc) is 2.87. The van der Waals surface area contributed by atoms with Gasteiger partial charge in [-0.1, -0.05) is 41.4 Å². The van der Waals surface area contributed by atoms with Crippen molar-refractivity contribution in [1.29, 1.82) is 0 Å². The molecular weight excluding hydrogens is 403 g/mol.